The Morgan fingerprint density at radius 3 is 2.50 bits per heavy atom. The van der Waals surface area contributed by atoms with Crippen LogP contribution in [0.5, 0.6) is 0 Å². The summed E-state index contributed by atoms with van der Waals surface area (Å²) in [6.45, 7) is 5.14. The molecule has 1 atom stereocenters. The van der Waals surface area contributed by atoms with Crippen LogP contribution in [-0.4, -0.2) is 17.1 Å². The van der Waals surface area contributed by atoms with E-state index in [-0.39, 0.29) is 0 Å². The number of unbranched alkanes of at least 4 members (excludes halogenated alkanes) is 1. The van der Waals surface area contributed by atoms with Gasteiger partial charge in [-0.15, -0.1) is 0 Å². The Morgan fingerprint density at radius 1 is 1.40 bits per heavy atom. The van der Waals surface area contributed by atoms with E-state index in [4.69, 9.17) is 4.74 Å². The standard InChI is InChI=1S/C8H17IO/c1-3-5-6-8(7-9)10-4-2/h8H,3-7H2,1-2H3. The smallest absolute Gasteiger partial charge is 0.0664 e. The zero-order valence-corrected chi connectivity index (χ0v) is 9.06. The number of halogens is 1. The third-order valence-corrected chi connectivity index (χ3v) is 2.44. The van der Waals surface area contributed by atoms with Gasteiger partial charge in [0.05, 0.1) is 6.10 Å². The molecule has 0 heterocycles. The molecule has 1 unspecified atom stereocenters. The maximum Gasteiger partial charge on any atom is 0.0664 e. The van der Waals surface area contributed by atoms with Crippen LogP contribution < -0.4 is 0 Å². The lowest BCUT2D eigenvalue weighted by atomic mass is 10.2. The topological polar surface area (TPSA) is 9.23 Å². The summed E-state index contributed by atoms with van der Waals surface area (Å²) in [7, 11) is 0. The van der Waals surface area contributed by atoms with Crippen LogP contribution in [0.25, 0.3) is 0 Å². The van der Waals surface area contributed by atoms with E-state index in [2.05, 4.69) is 36.4 Å². The molecule has 0 aliphatic rings. The summed E-state index contributed by atoms with van der Waals surface area (Å²) in [6, 6.07) is 0. The summed E-state index contributed by atoms with van der Waals surface area (Å²) in [4.78, 5) is 0. The Labute approximate surface area is 77.7 Å². The Morgan fingerprint density at radius 2 is 2.10 bits per heavy atom. The van der Waals surface area contributed by atoms with Gasteiger partial charge in [-0.1, -0.05) is 42.4 Å². The normalized spacial score (nSPS) is 13.5. The summed E-state index contributed by atoms with van der Waals surface area (Å²) in [5.41, 5.74) is 0. The third kappa shape index (κ3) is 5.47. The monoisotopic (exact) mass is 256 g/mol. The fraction of sp³-hybridized carbons (Fsp3) is 1.00. The van der Waals surface area contributed by atoms with Gasteiger partial charge in [-0.05, 0) is 13.3 Å². The van der Waals surface area contributed by atoms with Crippen LogP contribution in [0.3, 0.4) is 0 Å². The number of hydrogen-bond donors (Lipinski definition) is 0. The summed E-state index contributed by atoms with van der Waals surface area (Å²) in [6.07, 6.45) is 4.31. The molecule has 1 nitrogen and oxygen atoms in total. The first-order valence-electron chi connectivity index (χ1n) is 4.02. The quantitative estimate of drug-likeness (QED) is 0.524. The Kier molecular flexibility index (Phi) is 8.33. The van der Waals surface area contributed by atoms with Gasteiger partial charge in [0.25, 0.3) is 0 Å². The van der Waals surface area contributed by atoms with Crippen LogP contribution in [0, 0.1) is 0 Å². The Hall–Kier alpha value is 0.690. The lowest BCUT2D eigenvalue weighted by Crippen LogP contribution is -2.13. The van der Waals surface area contributed by atoms with E-state index < -0.39 is 0 Å². The van der Waals surface area contributed by atoms with E-state index in [1.54, 1.807) is 0 Å². The van der Waals surface area contributed by atoms with E-state index in [1.165, 1.54) is 19.3 Å². The van der Waals surface area contributed by atoms with Gasteiger partial charge in [-0.25, -0.2) is 0 Å². The van der Waals surface area contributed by atoms with Gasteiger partial charge in [0.15, 0.2) is 0 Å². The minimum Gasteiger partial charge on any atom is -0.378 e. The van der Waals surface area contributed by atoms with Gasteiger partial charge < -0.3 is 4.74 Å². The van der Waals surface area contributed by atoms with Crippen molar-refractivity contribution in [3.8, 4) is 0 Å². The number of alkyl halides is 1. The molecule has 10 heavy (non-hydrogen) atoms. The molecule has 0 rings (SSSR count). The minimum atomic E-state index is 0.505. The van der Waals surface area contributed by atoms with Gasteiger partial charge in [0.1, 0.15) is 0 Å². The second-order valence-corrected chi connectivity index (χ2v) is 3.25. The van der Waals surface area contributed by atoms with Crippen molar-refractivity contribution in [2.45, 2.75) is 39.2 Å². The van der Waals surface area contributed by atoms with Crippen molar-refractivity contribution >= 4 is 22.6 Å². The van der Waals surface area contributed by atoms with Crippen LogP contribution in [0.1, 0.15) is 33.1 Å². The van der Waals surface area contributed by atoms with E-state index in [0.29, 0.717) is 6.10 Å². The number of hydrogen-bond acceptors (Lipinski definition) is 1. The van der Waals surface area contributed by atoms with E-state index in [0.717, 1.165) is 11.0 Å². The molecular formula is C8H17IO. The van der Waals surface area contributed by atoms with Crippen molar-refractivity contribution in [2.75, 3.05) is 11.0 Å². The summed E-state index contributed by atoms with van der Waals surface area (Å²) >= 11 is 2.39. The molecule has 0 N–H and O–H groups in total. The predicted molar refractivity (Wildman–Crippen MR) is 53.8 cm³/mol. The van der Waals surface area contributed by atoms with Crippen LogP contribution in [-0.2, 0) is 4.74 Å². The second kappa shape index (κ2) is 7.79. The highest BCUT2D eigenvalue weighted by Crippen LogP contribution is 2.07. The molecule has 62 valence electrons. The van der Waals surface area contributed by atoms with Gasteiger partial charge >= 0.3 is 0 Å². The Bertz CT molecular complexity index is 66.3. The molecule has 0 fully saturated rings. The van der Waals surface area contributed by atoms with Crippen LogP contribution in [0.2, 0.25) is 0 Å². The van der Waals surface area contributed by atoms with Crippen molar-refractivity contribution in [2.24, 2.45) is 0 Å². The second-order valence-electron chi connectivity index (χ2n) is 2.37. The average molecular weight is 256 g/mol. The van der Waals surface area contributed by atoms with Gasteiger partial charge in [-0.2, -0.15) is 0 Å². The van der Waals surface area contributed by atoms with Crippen LogP contribution in [0.15, 0.2) is 0 Å². The molecule has 0 aromatic heterocycles. The molecule has 0 bridgehead atoms. The zero-order chi connectivity index (χ0) is 7.82. The highest BCUT2D eigenvalue weighted by Gasteiger charge is 2.03. The first kappa shape index (κ1) is 10.7. The van der Waals surface area contributed by atoms with Crippen molar-refractivity contribution in [3.05, 3.63) is 0 Å². The molecule has 0 saturated carbocycles. The zero-order valence-electron chi connectivity index (χ0n) is 6.90. The molecule has 0 saturated heterocycles. The lowest BCUT2D eigenvalue weighted by molar-refractivity contribution is 0.0741. The van der Waals surface area contributed by atoms with Gasteiger partial charge in [-0.3, -0.25) is 0 Å². The lowest BCUT2D eigenvalue weighted by Gasteiger charge is -2.12. The first-order valence-corrected chi connectivity index (χ1v) is 5.55. The summed E-state index contributed by atoms with van der Waals surface area (Å²) in [5.74, 6) is 0. The maximum absolute atomic E-state index is 5.49. The molecule has 2 heteroatoms. The highest BCUT2D eigenvalue weighted by atomic mass is 127. The third-order valence-electron chi connectivity index (χ3n) is 1.45. The predicted octanol–water partition coefficient (Wildman–Crippen LogP) is 3.02. The average Bonchev–Trinajstić information content (AvgIpc) is 1.98. The maximum atomic E-state index is 5.49. The van der Waals surface area contributed by atoms with E-state index in [9.17, 15) is 0 Å². The Balaban J connectivity index is 3.21. The van der Waals surface area contributed by atoms with Crippen molar-refractivity contribution in [3.63, 3.8) is 0 Å². The molecule has 0 radical (unpaired) electrons. The number of ether oxygens (including phenoxy) is 1. The van der Waals surface area contributed by atoms with Crippen molar-refractivity contribution < 1.29 is 4.74 Å². The summed E-state index contributed by atoms with van der Waals surface area (Å²) < 4.78 is 6.62. The molecule has 0 aromatic carbocycles. The summed E-state index contributed by atoms with van der Waals surface area (Å²) in [5, 5.41) is 0. The van der Waals surface area contributed by atoms with Crippen molar-refractivity contribution in [1.29, 1.82) is 0 Å². The van der Waals surface area contributed by atoms with Crippen molar-refractivity contribution in [1.82, 2.24) is 0 Å². The molecule has 0 aliphatic carbocycles. The fourth-order valence-electron chi connectivity index (χ4n) is 0.873. The van der Waals surface area contributed by atoms with Gasteiger partial charge in [0.2, 0.25) is 0 Å². The largest absolute Gasteiger partial charge is 0.378 e. The van der Waals surface area contributed by atoms with Crippen LogP contribution in [0.4, 0.5) is 0 Å². The highest BCUT2D eigenvalue weighted by molar-refractivity contribution is 14.1. The minimum absolute atomic E-state index is 0.505. The van der Waals surface area contributed by atoms with E-state index in [1.807, 2.05) is 0 Å². The molecule has 0 aliphatic heterocycles. The number of rotatable bonds is 6. The van der Waals surface area contributed by atoms with Gasteiger partial charge in [0, 0.05) is 11.0 Å². The first-order chi connectivity index (χ1) is 4.85. The molecule has 0 spiro atoms. The molecule has 0 amide bonds. The SMILES string of the molecule is CCCCC(CI)OCC. The molecule has 0 aromatic rings. The van der Waals surface area contributed by atoms with E-state index >= 15 is 0 Å². The fourth-order valence-corrected chi connectivity index (χ4v) is 1.57. The molecular weight excluding hydrogens is 239 g/mol. The van der Waals surface area contributed by atoms with Crippen LogP contribution >= 0.6 is 22.6 Å².